The summed E-state index contributed by atoms with van der Waals surface area (Å²) in [5.74, 6) is 0.530. The Bertz CT molecular complexity index is 429. The molecule has 0 aliphatic carbocycles. The zero-order chi connectivity index (χ0) is 14.8. The topological polar surface area (TPSA) is 67.4 Å². The molecule has 1 aromatic carbocycles. The predicted molar refractivity (Wildman–Crippen MR) is 77.6 cm³/mol. The minimum Gasteiger partial charge on any atom is -0.497 e. The Balaban J connectivity index is 2.23. The molecule has 0 atom stereocenters. The number of carbonyl (C=O) groups excluding carboxylic acids is 2. The second-order valence-electron chi connectivity index (χ2n) is 4.47. The van der Waals surface area contributed by atoms with E-state index in [0.717, 1.165) is 17.7 Å². The summed E-state index contributed by atoms with van der Waals surface area (Å²) in [5, 5.41) is 5.32. The van der Waals surface area contributed by atoms with Gasteiger partial charge in [-0.1, -0.05) is 19.1 Å². The van der Waals surface area contributed by atoms with Crippen molar-refractivity contribution in [2.45, 2.75) is 26.2 Å². The highest BCUT2D eigenvalue weighted by Crippen LogP contribution is 2.12. The normalized spacial score (nSPS) is 9.90. The fraction of sp³-hybridized carbons (Fsp3) is 0.467. The van der Waals surface area contributed by atoms with Crippen LogP contribution in [0.2, 0.25) is 0 Å². The molecule has 5 nitrogen and oxygen atoms in total. The summed E-state index contributed by atoms with van der Waals surface area (Å²) < 4.78 is 5.07. The van der Waals surface area contributed by atoms with Crippen LogP contribution in [0.15, 0.2) is 24.3 Å². The van der Waals surface area contributed by atoms with Gasteiger partial charge >= 0.3 is 0 Å². The van der Waals surface area contributed by atoms with Crippen molar-refractivity contribution in [3.05, 3.63) is 29.8 Å². The van der Waals surface area contributed by atoms with Gasteiger partial charge in [-0.3, -0.25) is 9.59 Å². The SMILES string of the molecule is CCCNC(=O)CNC(=O)CCc1ccc(OC)cc1. The van der Waals surface area contributed by atoms with E-state index < -0.39 is 0 Å². The van der Waals surface area contributed by atoms with Crippen molar-refractivity contribution < 1.29 is 14.3 Å². The minimum absolute atomic E-state index is 0.0431. The van der Waals surface area contributed by atoms with Gasteiger partial charge in [0.25, 0.3) is 0 Å². The maximum absolute atomic E-state index is 11.6. The third-order valence-electron chi connectivity index (χ3n) is 2.82. The summed E-state index contributed by atoms with van der Waals surface area (Å²) in [6.45, 7) is 2.66. The summed E-state index contributed by atoms with van der Waals surface area (Å²) in [5.41, 5.74) is 1.07. The summed E-state index contributed by atoms with van der Waals surface area (Å²) in [4.78, 5) is 22.9. The standard InChI is InChI=1S/C15H22N2O3/c1-3-10-16-15(19)11-17-14(18)9-6-12-4-7-13(20-2)8-5-12/h4-5,7-8H,3,6,9-11H2,1-2H3,(H,16,19)(H,17,18). The summed E-state index contributed by atoms with van der Waals surface area (Å²) in [6, 6.07) is 7.59. The molecule has 5 heteroatoms. The van der Waals surface area contributed by atoms with Crippen molar-refractivity contribution in [2.24, 2.45) is 0 Å². The highest BCUT2D eigenvalue weighted by Gasteiger charge is 2.05. The van der Waals surface area contributed by atoms with E-state index in [2.05, 4.69) is 10.6 Å². The molecule has 0 bridgehead atoms. The van der Waals surface area contributed by atoms with Gasteiger partial charge in [-0.05, 0) is 30.5 Å². The number of nitrogens with one attached hydrogen (secondary N) is 2. The first kappa shape index (κ1) is 16.0. The third-order valence-corrected chi connectivity index (χ3v) is 2.82. The number of hydrogen-bond donors (Lipinski definition) is 2. The molecule has 2 N–H and O–H groups in total. The van der Waals surface area contributed by atoms with Gasteiger partial charge in [0.1, 0.15) is 5.75 Å². The molecular formula is C15H22N2O3. The zero-order valence-corrected chi connectivity index (χ0v) is 12.1. The van der Waals surface area contributed by atoms with Gasteiger partial charge in [-0.25, -0.2) is 0 Å². The number of rotatable bonds is 8. The molecule has 2 amide bonds. The molecular weight excluding hydrogens is 256 g/mol. The van der Waals surface area contributed by atoms with Gasteiger partial charge in [0.15, 0.2) is 0 Å². The van der Waals surface area contributed by atoms with Crippen molar-refractivity contribution in [1.82, 2.24) is 10.6 Å². The van der Waals surface area contributed by atoms with E-state index in [-0.39, 0.29) is 18.4 Å². The van der Waals surface area contributed by atoms with Crippen LogP contribution in [0.25, 0.3) is 0 Å². The molecule has 0 unspecified atom stereocenters. The van der Waals surface area contributed by atoms with Gasteiger partial charge < -0.3 is 15.4 Å². The van der Waals surface area contributed by atoms with Crippen molar-refractivity contribution in [1.29, 1.82) is 0 Å². The first-order valence-corrected chi connectivity index (χ1v) is 6.82. The maximum Gasteiger partial charge on any atom is 0.239 e. The van der Waals surface area contributed by atoms with Crippen LogP contribution in [0, 0.1) is 0 Å². The van der Waals surface area contributed by atoms with Crippen LogP contribution in [0.4, 0.5) is 0 Å². The Labute approximate surface area is 119 Å². The number of benzene rings is 1. The predicted octanol–water partition coefficient (Wildman–Crippen LogP) is 1.27. The molecule has 0 spiro atoms. The molecule has 1 aromatic rings. The number of hydrogen-bond acceptors (Lipinski definition) is 3. The van der Waals surface area contributed by atoms with E-state index in [1.807, 2.05) is 31.2 Å². The largest absolute Gasteiger partial charge is 0.497 e. The highest BCUT2D eigenvalue weighted by molar-refractivity contribution is 5.84. The number of carbonyl (C=O) groups is 2. The van der Waals surface area contributed by atoms with Crippen molar-refractivity contribution in [3.63, 3.8) is 0 Å². The Kier molecular flexibility index (Phi) is 7.17. The third kappa shape index (κ3) is 6.22. The molecule has 20 heavy (non-hydrogen) atoms. The van der Waals surface area contributed by atoms with Crippen molar-refractivity contribution in [2.75, 3.05) is 20.2 Å². The van der Waals surface area contributed by atoms with Crippen LogP contribution in [-0.2, 0) is 16.0 Å². The van der Waals surface area contributed by atoms with E-state index in [9.17, 15) is 9.59 Å². The van der Waals surface area contributed by atoms with E-state index >= 15 is 0 Å². The Morgan fingerprint density at radius 2 is 1.80 bits per heavy atom. The molecule has 1 rings (SSSR count). The number of amides is 2. The van der Waals surface area contributed by atoms with Gasteiger partial charge in [0.05, 0.1) is 13.7 Å². The second-order valence-corrected chi connectivity index (χ2v) is 4.47. The lowest BCUT2D eigenvalue weighted by Gasteiger charge is -2.06. The van der Waals surface area contributed by atoms with E-state index in [4.69, 9.17) is 4.74 Å². The lowest BCUT2D eigenvalue weighted by Crippen LogP contribution is -2.37. The Morgan fingerprint density at radius 3 is 2.40 bits per heavy atom. The first-order chi connectivity index (χ1) is 9.65. The fourth-order valence-electron chi connectivity index (χ4n) is 1.64. The van der Waals surface area contributed by atoms with E-state index in [0.29, 0.717) is 19.4 Å². The Hall–Kier alpha value is -2.04. The van der Waals surface area contributed by atoms with Crippen LogP contribution in [0.1, 0.15) is 25.3 Å². The highest BCUT2D eigenvalue weighted by atomic mass is 16.5. The van der Waals surface area contributed by atoms with Gasteiger partial charge in [0.2, 0.25) is 11.8 Å². The van der Waals surface area contributed by atoms with Crippen molar-refractivity contribution in [3.8, 4) is 5.75 Å². The van der Waals surface area contributed by atoms with Crippen LogP contribution in [0.3, 0.4) is 0 Å². The summed E-state index contributed by atoms with van der Waals surface area (Å²) >= 11 is 0. The average molecular weight is 278 g/mol. The lowest BCUT2D eigenvalue weighted by molar-refractivity contribution is -0.126. The van der Waals surface area contributed by atoms with Gasteiger partial charge in [-0.2, -0.15) is 0 Å². The molecule has 0 fully saturated rings. The zero-order valence-electron chi connectivity index (χ0n) is 12.1. The summed E-state index contributed by atoms with van der Waals surface area (Å²) in [6.07, 6.45) is 1.90. The lowest BCUT2D eigenvalue weighted by atomic mass is 10.1. The molecule has 0 heterocycles. The molecule has 110 valence electrons. The Morgan fingerprint density at radius 1 is 1.10 bits per heavy atom. The number of methoxy groups -OCH3 is 1. The molecule has 0 radical (unpaired) electrons. The monoisotopic (exact) mass is 278 g/mol. The molecule has 0 saturated carbocycles. The second kappa shape index (κ2) is 8.96. The van der Waals surface area contributed by atoms with Gasteiger partial charge in [-0.15, -0.1) is 0 Å². The average Bonchev–Trinajstić information content (AvgIpc) is 2.49. The molecule has 0 saturated heterocycles. The number of aryl methyl sites for hydroxylation is 1. The van der Waals surface area contributed by atoms with E-state index in [1.165, 1.54) is 0 Å². The maximum atomic E-state index is 11.6. The summed E-state index contributed by atoms with van der Waals surface area (Å²) in [7, 11) is 1.62. The molecule has 0 aromatic heterocycles. The van der Waals surface area contributed by atoms with Crippen LogP contribution in [0.5, 0.6) is 5.75 Å². The minimum atomic E-state index is -0.148. The van der Waals surface area contributed by atoms with Crippen LogP contribution >= 0.6 is 0 Å². The van der Waals surface area contributed by atoms with Crippen LogP contribution < -0.4 is 15.4 Å². The molecule has 0 aliphatic heterocycles. The molecule has 0 aliphatic rings. The quantitative estimate of drug-likeness (QED) is 0.752. The van der Waals surface area contributed by atoms with Crippen LogP contribution in [-0.4, -0.2) is 32.0 Å². The first-order valence-electron chi connectivity index (χ1n) is 6.82. The van der Waals surface area contributed by atoms with E-state index in [1.54, 1.807) is 7.11 Å². The number of ether oxygens (including phenoxy) is 1. The van der Waals surface area contributed by atoms with Crippen molar-refractivity contribution >= 4 is 11.8 Å². The van der Waals surface area contributed by atoms with Gasteiger partial charge in [0, 0.05) is 13.0 Å². The fourth-order valence-corrected chi connectivity index (χ4v) is 1.64. The smallest absolute Gasteiger partial charge is 0.239 e.